The van der Waals surface area contributed by atoms with Gasteiger partial charge in [-0.2, -0.15) is 0 Å². The number of fused-ring (bicyclic) bond motifs is 1. The third kappa shape index (κ3) is 4.73. The number of aromatic nitrogens is 2. The Balaban J connectivity index is 0.00000208. The number of nitrogens with one attached hydrogen (secondary N) is 1. The summed E-state index contributed by atoms with van der Waals surface area (Å²) in [5.74, 6) is 1.45. The molecule has 1 fully saturated rings. The molecule has 3 rings (SSSR count). The van der Waals surface area contributed by atoms with E-state index in [1.54, 1.807) is 7.05 Å². The Bertz CT molecular complexity index is 699. The standard InChI is InChI=1S/C16H22ClN5O.HI/c1-18-16(21(2)8-12-5-6-23-11-12)19-7-14-10-22-9-13(17)3-4-15(22)20-14;/h3-4,9-10,12H,5-8,11H2,1-2H3,(H,18,19);1H. The smallest absolute Gasteiger partial charge is 0.193 e. The molecule has 0 bridgehead atoms. The highest BCUT2D eigenvalue weighted by Crippen LogP contribution is 2.14. The molecule has 0 spiro atoms. The predicted octanol–water partition coefficient (Wildman–Crippen LogP) is 2.65. The molecule has 8 heteroatoms. The van der Waals surface area contributed by atoms with Crippen LogP contribution in [0.3, 0.4) is 0 Å². The van der Waals surface area contributed by atoms with E-state index >= 15 is 0 Å². The number of pyridine rings is 1. The van der Waals surface area contributed by atoms with Gasteiger partial charge in [0.1, 0.15) is 5.65 Å². The monoisotopic (exact) mass is 463 g/mol. The van der Waals surface area contributed by atoms with E-state index in [1.807, 2.05) is 28.9 Å². The molecule has 0 aliphatic carbocycles. The van der Waals surface area contributed by atoms with Crippen molar-refractivity contribution in [1.82, 2.24) is 19.6 Å². The molecule has 1 unspecified atom stereocenters. The number of hydrogen-bond acceptors (Lipinski definition) is 3. The van der Waals surface area contributed by atoms with E-state index in [9.17, 15) is 0 Å². The van der Waals surface area contributed by atoms with Gasteiger partial charge in [0.2, 0.25) is 0 Å². The summed E-state index contributed by atoms with van der Waals surface area (Å²) in [5.41, 5.74) is 1.84. The van der Waals surface area contributed by atoms with Crippen molar-refractivity contribution in [1.29, 1.82) is 0 Å². The van der Waals surface area contributed by atoms with E-state index in [0.29, 0.717) is 17.5 Å². The minimum atomic E-state index is 0. The van der Waals surface area contributed by atoms with E-state index < -0.39 is 0 Å². The van der Waals surface area contributed by atoms with E-state index in [4.69, 9.17) is 16.3 Å². The van der Waals surface area contributed by atoms with Gasteiger partial charge in [-0.3, -0.25) is 4.99 Å². The van der Waals surface area contributed by atoms with E-state index in [-0.39, 0.29) is 24.0 Å². The zero-order chi connectivity index (χ0) is 16.2. The molecule has 1 aliphatic rings. The lowest BCUT2D eigenvalue weighted by molar-refractivity contribution is 0.181. The molecule has 1 atom stereocenters. The summed E-state index contributed by atoms with van der Waals surface area (Å²) in [6.45, 7) is 3.28. The van der Waals surface area contributed by atoms with Crippen molar-refractivity contribution in [3.05, 3.63) is 35.2 Å². The Morgan fingerprint density at radius 2 is 2.33 bits per heavy atom. The minimum absolute atomic E-state index is 0. The van der Waals surface area contributed by atoms with Crippen LogP contribution in [0.4, 0.5) is 0 Å². The van der Waals surface area contributed by atoms with E-state index in [2.05, 4.69) is 27.2 Å². The zero-order valence-electron chi connectivity index (χ0n) is 13.9. The number of aliphatic imine (C=N–C) groups is 1. The second-order valence-corrected chi connectivity index (χ2v) is 6.29. The van der Waals surface area contributed by atoms with Gasteiger partial charge < -0.3 is 19.4 Å². The van der Waals surface area contributed by atoms with Crippen LogP contribution in [0, 0.1) is 5.92 Å². The van der Waals surface area contributed by atoms with Gasteiger partial charge in [0.05, 0.1) is 23.9 Å². The van der Waals surface area contributed by atoms with Gasteiger partial charge in [0, 0.05) is 45.6 Å². The van der Waals surface area contributed by atoms with Crippen LogP contribution in [-0.2, 0) is 11.3 Å². The van der Waals surface area contributed by atoms with Gasteiger partial charge in [0.15, 0.2) is 5.96 Å². The quantitative estimate of drug-likeness (QED) is 0.430. The van der Waals surface area contributed by atoms with Crippen molar-refractivity contribution in [2.75, 3.05) is 33.9 Å². The lowest BCUT2D eigenvalue weighted by Gasteiger charge is -2.24. The highest BCUT2D eigenvalue weighted by molar-refractivity contribution is 14.0. The number of imidazole rings is 1. The lowest BCUT2D eigenvalue weighted by atomic mass is 10.1. The number of ether oxygens (including phenoxy) is 1. The normalized spacial score (nSPS) is 17.8. The average molecular weight is 464 g/mol. The van der Waals surface area contributed by atoms with Gasteiger partial charge in [-0.1, -0.05) is 11.6 Å². The average Bonchev–Trinajstić information content (AvgIpc) is 3.16. The maximum Gasteiger partial charge on any atom is 0.193 e. The second-order valence-electron chi connectivity index (χ2n) is 5.86. The molecule has 24 heavy (non-hydrogen) atoms. The van der Waals surface area contributed by atoms with Crippen LogP contribution >= 0.6 is 35.6 Å². The molecule has 0 saturated carbocycles. The third-order valence-corrected chi connectivity index (χ3v) is 4.25. The zero-order valence-corrected chi connectivity index (χ0v) is 17.0. The highest BCUT2D eigenvalue weighted by atomic mass is 127. The molecule has 2 aromatic rings. The maximum absolute atomic E-state index is 6.00. The fourth-order valence-electron chi connectivity index (χ4n) is 2.86. The van der Waals surface area contributed by atoms with Crippen LogP contribution in [-0.4, -0.2) is 54.1 Å². The first kappa shape index (κ1) is 19.3. The Hall–Kier alpha value is -1.06. The molecule has 1 saturated heterocycles. The molecule has 2 aromatic heterocycles. The van der Waals surface area contributed by atoms with E-state index in [1.165, 1.54) is 0 Å². The molecular weight excluding hydrogens is 441 g/mol. The molecule has 0 amide bonds. The van der Waals surface area contributed by atoms with Crippen molar-refractivity contribution in [2.24, 2.45) is 10.9 Å². The summed E-state index contributed by atoms with van der Waals surface area (Å²) in [6.07, 6.45) is 4.95. The fraction of sp³-hybridized carbons (Fsp3) is 0.500. The van der Waals surface area contributed by atoms with Crippen LogP contribution in [0.2, 0.25) is 5.02 Å². The first-order valence-electron chi connectivity index (χ1n) is 7.78. The summed E-state index contributed by atoms with van der Waals surface area (Å²) in [7, 11) is 3.85. The number of hydrogen-bond donors (Lipinski definition) is 1. The maximum atomic E-state index is 6.00. The highest BCUT2D eigenvalue weighted by Gasteiger charge is 2.19. The van der Waals surface area contributed by atoms with Crippen LogP contribution in [0.25, 0.3) is 5.65 Å². The first-order chi connectivity index (χ1) is 11.2. The van der Waals surface area contributed by atoms with Crippen molar-refractivity contribution in [3.8, 4) is 0 Å². The third-order valence-electron chi connectivity index (χ3n) is 4.02. The topological polar surface area (TPSA) is 54.2 Å². The minimum Gasteiger partial charge on any atom is -0.381 e. The fourth-order valence-corrected chi connectivity index (χ4v) is 3.03. The number of halogens is 2. The Kier molecular flexibility index (Phi) is 7.12. The Labute approximate surface area is 164 Å². The lowest BCUT2D eigenvalue weighted by Crippen LogP contribution is -2.41. The van der Waals surface area contributed by atoms with Crippen LogP contribution in [0.1, 0.15) is 12.1 Å². The van der Waals surface area contributed by atoms with Crippen LogP contribution in [0.5, 0.6) is 0 Å². The van der Waals surface area contributed by atoms with Gasteiger partial charge in [-0.05, 0) is 18.6 Å². The molecule has 1 aliphatic heterocycles. The number of guanidine groups is 1. The summed E-state index contributed by atoms with van der Waals surface area (Å²) >= 11 is 6.00. The molecule has 0 aromatic carbocycles. The summed E-state index contributed by atoms with van der Waals surface area (Å²) in [6, 6.07) is 3.75. The van der Waals surface area contributed by atoms with Crippen LogP contribution < -0.4 is 5.32 Å². The molecule has 3 heterocycles. The van der Waals surface area contributed by atoms with E-state index in [0.717, 1.165) is 43.5 Å². The largest absolute Gasteiger partial charge is 0.381 e. The Morgan fingerprint density at radius 1 is 1.50 bits per heavy atom. The van der Waals surface area contributed by atoms with Gasteiger partial charge in [0.25, 0.3) is 0 Å². The predicted molar refractivity (Wildman–Crippen MR) is 107 cm³/mol. The van der Waals surface area contributed by atoms with Crippen LogP contribution in [0.15, 0.2) is 29.5 Å². The second kappa shape index (κ2) is 8.87. The number of nitrogens with zero attached hydrogens (tertiary/aromatic N) is 4. The van der Waals surface area contributed by atoms with Gasteiger partial charge >= 0.3 is 0 Å². The molecular formula is C16H23ClIN5O. The first-order valence-corrected chi connectivity index (χ1v) is 8.16. The molecule has 0 radical (unpaired) electrons. The summed E-state index contributed by atoms with van der Waals surface area (Å²) in [5, 5.41) is 4.06. The van der Waals surface area contributed by atoms with Gasteiger partial charge in [-0.25, -0.2) is 4.98 Å². The number of rotatable bonds is 4. The van der Waals surface area contributed by atoms with Gasteiger partial charge in [-0.15, -0.1) is 24.0 Å². The Morgan fingerprint density at radius 3 is 3.04 bits per heavy atom. The SMILES string of the molecule is CN=C(NCc1cn2cc(Cl)ccc2n1)N(C)CC1CCOC1.I. The van der Waals surface area contributed by atoms with Crippen molar-refractivity contribution in [2.45, 2.75) is 13.0 Å². The summed E-state index contributed by atoms with van der Waals surface area (Å²) < 4.78 is 7.37. The summed E-state index contributed by atoms with van der Waals surface area (Å²) in [4.78, 5) is 11.1. The van der Waals surface area contributed by atoms with Crippen molar-refractivity contribution < 1.29 is 4.74 Å². The van der Waals surface area contributed by atoms with Crippen molar-refractivity contribution in [3.63, 3.8) is 0 Å². The van der Waals surface area contributed by atoms with Crippen molar-refractivity contribution >= 4 is 47.2 Å². The molecule has 1 N–H and O–H groups in total. The molecule has 132 valence electrons. The molecule has 6 nitrogen and oxygen atoms in total.